The number of nitrogens with one attached hydrogen (secondary N) is 1. The van der Waals surface area contributed by atoms with Crippen LogP contribution in [0.1, 0.15) is 11.1 Å². The lowest BCUT2D eigenvalue weighted by Crippen LogP contribution is -1.81. The first kappa shape index (κ1) is 14.2. The summed E-state index contributed by atoms with van der Waals surface area (Å²) in [4.78, 5) is 0. The molecular formula is C21H13FN2. The fourth-order valence-corrected chi connectivity index (χ4v) is 2.59. The van der Waals surface area contributed by atoms with E-state index in [1.165, 1.54) is 12.1 Å². The molecule has 0 aliphatic heterocycles. The van der Waals surface area contributed by atoms with Crippen molar-refractivity contribution >= 4 is 10.9 Å². The van der Waals surface area contributed by atoms with E-state index in [4.69, 9.17) is 0 Å². The van der Waals surface area contributed by atoms with E-state index in [-0.39, 0.29) is 5.82 Å². The van der Waals surface area contributed by atoms with Crippen LogP contribution in [-0.4, -0.2) is 10.2 Å². The molecule has 0 saturated heterocycles. The van der Waals surface area contributed by atoms with Gasteiger partial charge in [-0.1, -0.05) is 30.0 Å². The summed E-state index contributed by atoms with van der Waals surface area (Å²) < 4.78 is 13.1. The molecule has 0 amide bonds. The molecule has 0 saturated carbocycles. The zero-order valence-electron chi connectivity index (χ0n) is 12.8. The van der Waals surface area contributed by atoms with Crippen LogP contribution in [0.4, 0.5) is 4.39 Å². The summed E-state index contributed by atoms with van der Waals surface area (Å²) in [6, 6.07) is 22.1. The van der Waals surface area contributed by atoms with Gasteiger partial charge < -0.3 is 0 Å². The minimum absolute atomic E-state index is 0.256. The van der Waals surface area contributed by atoms with Gasteiger partial charge in [-0.2, -0.15) is 5.10 Å². The third-order valence-electron chi connectivity index (χ3n) is 3.81. The van der Waals surface area contributed by atoms with E-state index in [2.05, 4.69) is 22.0 Å². The predicted octanol–water partition coefficient (Wildman–Crippen LogP) is 4.77. The number of halogens is 1. The number of nitrogens with zero attached hydrogens (tertiary/aromatic N) is 1. The van der Waals surface area contributed by atoms with Crippen LogP contribution in [0.25, 0.3) is 22.2 Å². The van der Waals surface area contributed by atoms with Gasteiger partial charge in [-0.25, -0.2) is 4.39 Å². The second kappa shape index (κ2) is 6.02. The third-order valence-corrected chi connectivity index (χ3v) is 3.81. The monoisotopic (exact) mass is 312 g/mol. The highest BCUT2D eigenvalue weighted by Gasteiger charge is 2.08. The molecule has 0 atom stereocenters. The highest BCUT2D eigenvalue weighted by atomic mass is 19.1. The van der Waals surface area contributed by atoms with Gasteiger partial charge in [-0.15, -0.1) is 0 Å². The van der Waals surface area contributed by atoms with Crippen molar-refractivity contribution in [2.24, 2.45) is 0 Å². The molecule has 0 radical (unpaired) electrons. The van der Waals surface area contributed by atoms with Crippen molar-refractivity contribution in [3.8, 4) is 23.1 Å². The van der Waals surface area contributed by atoms with Gasteiger partial charge in [-0.05, 0) is 54.6 Å². The molecule has 1 aromatic heterocycles. The normalized spacial score (nSPS) is 10.4. The Bertz CT molecular complexity index is 1050. The molecule has 2 nitrogen and oxygen atoms in total. The first-order valence-corrected chi connectivity index (χ1v) is 7.61. The Kier molecular flexibility index (Phi) is 3.57. The number of benzene rings is 3. The third kappa shape index (κ3) is 2.78. The van der Waals surface area contributed by atoms with Gasteiger partial charge in [0.1, 0.15) is 5.82 Å². The van der Waals surface area contributed by atoms with Gasteiger partial charge in [0.15, 0.2) is 0 Å². The van der Waals surface area contributed by atoms with Crippen molar-refractivity contribution in [1.29, 1.82) is 0 Å². The standard InChI is InChI=1S/C21H13FN2/c22-18-11-9-17(10-12-18)21-19-14-16(8-13-20(19)23-24-21)7-6-15-4-2-1-3-5-15/h1-5,8-14H,(H,23,24). The highest BCUT2D eigenvalue weighted by Crippen LogP contribution is 2.27. The topological polar surface area (TPSA) is 28.7 Å². The van der Waals surface area contributed by atoms with E-state index < -0.39 is 0 Å². The Hall–Kier alpha value is -3.38. The smallest absolute Gasteiger partial charge is 0.123 e. The summed E-state index contributed by atoms with van der Waals surface area (Å²) in [5, 5.41) is 8.34. The molecule has 3 heteroatoms. The Morgan fingerprint density at radius 1 is 0.792 bits per heavy atom. The molecule has 3 aromatic carbocycles. The second-order valence-electron chi connectivity index (χ2n) is 5.46. The summed E-state index contributed by atoms with van der Waals surface area (Å²) in [5.41, 5.74) is 4.49. The van der Waals surface area contributed by atoms with Gasteiger partial charge in [0, 0.05) is 22.1 Å². The first-order valence-electron chi connectivity index (χ1n) is 7.61. The van der Waals surface area contributed by atoms with Crippen LogP contribution in [0.5, 0.6) is 0 Å². The Morgan fingerprint density at radius 2 is 1.54 bits per heavy atom. The van der Waals surface area contributed by atoms with Crippen molar-refractivity contribution in [2.45, 2.75) is 0 Å². The molecule has 1 N–H and O–H groups in total. The average molecular weight is 312 g/mol. The van der Waals surface area contributed by atoms with Crippen molar-refractivity contribution in [3.05, 3.63) is 89.7 Å². The summed E-state index contributed by atoms with van der Waals surface area (Å²) in [5.74, 6) is 6.08. The lowest BCUT2D eigenvalue weighted by atomic mass is 10.1. The van der Waals surface area contributed by atoms with Crippen LogP contribution in [0.15, 0.2) is 72.8 Å². The van der Waals surface area contributed by atoms with Crippen LogP contribution < -0.4 is 0 Å². The van der Waals surface area contributed by atoms with Crippen LogP contribution >= 0.6 is 0 Å². The minimum Gasteiger partial charge on any atom is -0.277 e. The molecule has 0 spiro atoms. The van der Waals surface area contributed by atoms with Crippen LogP contribution in [0, 0.1) is 17.7 Å². The fraction of sp³-hybridized carbons (Fsp3) is 0. The maximum absolute atomic E-state index is 13.1. The Balaban J connectivity index is 1.76. The fourth-order valence-electron chi connectivity index (χ4n) is 2.59. The molecule has 0 aliphatic rings. The SMILES string of the molecule is Fc1ccc(-c2n[nH]c3ccc(C#Cc4ccccc4)cc23)cc1. The molecule has 4 aromatic rings. The molecule has 114 valence electrons. The lowest BCUT2D eigenvalue weighted by Gasteiger charge is -1.98. The number of hydrogen-bond acceptors (Lipinski definition) is 1. The Morgan fingerprint density at radius 3 is 2.33 bits per heavy atom. The number of H-pyrrole nitrogens is 1. The second-order valence-corrected chi connectivity index (χ2v) is 5.46. The molecule has 24 heavy (non-hydrogen) atoms. The Labute approximate surface area is 139 Å². The molecule has 4 rings (SSSR count). The summed E-state index contributed by atoms with van der Waals surface area (Å²) in [6.45, 7) is 0. The number of aromatic nitrogens is 2. The van der Waals surface area contributed by atoms with E-state index in [1.807, 2.05) is 48.5 Å². The number of fused-ring (bicyclic) bond motifs is 1. The molecule has 0 fully saturated rings. The number of rotatable bonds is 1. The van der Waals surface area contributed by atoms with Crippen molar-refractivity contribution in [3.63, 3.8) is 0 Å². The molecule has 0 unspecified atom stereocenters. The average Bonchev–Trinajstić information content (AvgIpc) is 3.05. The van der Waals surface area contributed by atoms with Gasteiger partial charge in [-0.3, -0.25) is 5.10 Å². The first-order chi connectivity index (χ1) is 11.8. The number of aromatic amines is 1. The van der Waals surface area contributed by atoms with Crippen LogP contribution in [0.2, 0.25) is 0 Å². The zero-order valence-corrected chi connectivity index (χ0v) is 12.8. The molecule has 0 aliphatic carbocycles. The largest absolute Gasteiger partial charge is 0.277 e. The van der Waals surface area contributed by atoms with Crippen molar-refractivity contribution in [2.75, 3.05) is 0 Å². The van der Waals surface area contributed by atoms with E-state index in [0.29, 0.717) is 0 Å². The van der Waals surface area contributed by atoms with Crippen LogP contribution in [0.3, 0.4) is 0 Å². The van der Waals surface area contributed by atoms with Gasteiger partial charge in [0.25, 0.3) is 0 Å². The highest BCUT2D eigenvalue weighted by molar-refractivity contribution is 5.93. The molecule has 0 bridgehead atoms. The predicted molar refractivity (Wildman–Crippen MR) is 93.9 cm³/mol. The molecular weight excluding hydrogens is 299 g/mol. The molecule has 1 heterocycles. The summed E-state index contributed by atoms with van der Waals surface area (Å²) in [7, 11) is 0. The summed E-state index contributed by atoms with van der Waals surface area (Å²) >= 11 is 0. The van der Waals surface area contributed by atoms with E-state index in [9.17, 15) is 4.39 Å². The van der Waals surface area contributed by atoms with Crippen molar-refractivity contribution in [1.82, 2.24) is 10.2 Å². The minimum atomic E-state index is -0.256. The van der Waals surface area contributed by atoms with E-state index >= 15 is 0 Å². The maximum Gasteiger partial charge on any atom is 0.123 e. The van der Waals surface area contributed by atoms with Gasteiger partial charge >= 0.3 is 0 Å². The zero-order chi connectivity index (χ0) is 16.4. The van der Waals surface area contributed by atoms with Crippen molar-refractivity contribution < 1.29 is 4.39 Å². The lowest BCUT2D eigenvalue weighted by molar-refractivity contribution is 0.628. The van der Waals surface area contributed by atoms with Gasteiger partial charge in [0.05, 0.1) is 11.2 Å². The van der Waals surface area contributed by atoms with Gasteiger partial charge in [0.2, 0.25) is 0 Å². The van der Waals surface area contributed by atoms with E-state index in [1.54, 1.807) is 12.1 Å². The summed E-state index contributed by atoms with van der Waals surface area (Å²) in [6.07, 6.45) is 0. The van der Waals surface area contributed by atoms with Crippen LogP contribution in [-0.2, 0) is 0 Å². The van der Waals surface area contributed by atoms with E-state index in [0.717, 1.165) is 33.3 Å². The number of hydrogen-bond donors (Lipinski definition) is 1. The maximum atomic E-state index is 13.1. The quantitative estimate of drug-likeness (QED) is 0.504.